The van der Waals surface area contributed by atoms with Crippen molar-refractivity contribution in [3.63, 3.8) is 0 Å². The van der Waals surface area contributed by atoms with Crippen LogP contribution in [-0.2, 0) is 5.41 Å². The molecule has 0 amide bonds. The number of rotatable bonds is 2. The summed E-state index contributed by atoms with van der Waals surface area (Å²) in [5.41, 5.74) is 1.40. The van der Waals surface area contributed by atoms with Gasteiger partial charge in [-0.1, -0.05) is 38.0 Å². The van der Waals surface area contributed by atoms with E-state index in [1.807, 2.05) is 24.3 Å². The van der Waals surface area contributed by atoms with Crippen LogP contribution < -0.4 is 4.74 Å². The Labute approximate surface area is 93.8 Å². The highest BCUT2D eigenvalue weighted by Crippen LogP contribution is 2.25. The second-order valence-electron chi connectivity index (χ2n) is 4.58. The highest BCUT2D eigenvalue weighted by atomic mass is 16.5. The molecule has 1 N–H and O–H groups in total. The number of nitrogens with zero attached hydrogens (tertiary/aromatic N) is 3. The first-order valence-corrected chi connectivity index (χ1v) is 5.08. The molecule has 0 aliphatic heterocycles. The van der Waals surface area contributed by atoms with Crippen molar-refractivity contribution in [3.8, 4) is 11.8 Å². The van der Waals surface area contributed by atoms with Gasteiger partial charge in [-0.25, -0.2) is 5.10 Å². The molecule has 1 aromatic heterocycles. The summed E-state index contributed by atoms with van der Waals surface area (Å²) in [6, 6.07) is 8.19. The predicted molar refractivity (Wildman–Crippen MR) is 59.4 cm³/mol. The van der Waals surface area contributed by atoms with Crippen molar-refractivity contribution in [2.45, 2.75) is 26.2 Å². The Balaban J connectivity index is 2.14. The number of nitrogens with one attached hydrogen (secondary N) is 1. The normalized spacial score (nSPS) is 11.4. The number of aromatic nitrogens is 4. The Morgan fingerprint density at radius 3 is 2.31 bits per heavy atom. The second kappa shape index (κ2) is 3.92. The van der Waals surface area contributed by atoms with Crippen molar-refractivity contribution in [1.82, 2.24) is 20.6 Å². The summed E-state index contributed by atoms with van der Waals surface area (Å²) in [6.45, 7) is 6.51. The van der Waals surface area contributed by atoms with Gasteiger partial charge in [-0.05, 0) is 33.5 Å². The number of tetrazole rings is 1. The number of H-pyrrole nitrogens is 1. The van der Waals surface area contributed by atoms with E-state index in [1.165, 1.54) is 5.56 Å². The summed E-state index contributed by atoms with van der Waals surface area (Å²) >= 11 is 0. The summed E-state index contributed by atoms with van der Waals surface area (Å²) in [5, 5.41) is 13.0. The fraction of sp³-hybridized carbons (Fsp3) is 0.364. The minimum atomic E-state index is 0.145. The molecule has 2 rings (SSSR count). The van der Waals surface area contributed by atoms with Gasteiger partial charge in [-0.15, -0.1) is 0 Å². The summed E-state index contributed by atoms with van der Waals surface area (Å²) in [4.78, 5) is 0. The van der Waals surface area contributed by atoms with Gasteiger partial charge in [-0.3, -0.25) is 0 Å². The van der Waals surface area contributed by atoms with Crippen LogP contribution in [0.25, 0.3) is 0 Å². The van der Waals surface area contributed by atoms with Gasteiger partial charge in [0.05, 0.1) is 0 Å². The molecule has 5 nitrogen and oxygen atoms in total. The van der Waals surface area contributed by atoms with E-state index < -0.39 is 0 Å². The molecule has 1 aromatic carbocycles. The van der Waals surface area contributed by atoms with Gasteiger partial charge < -0.3 is 4.74 Å². The standard InChI is InChI=1S/C11H14N4O/c1-11(2,3)8-4-6-9(7-5-8)16-10-12-14-15-13-10/h4-7H,1-3H3,(H,12,13,14,15). The molecule has 0 fully saturated rings. The first-order valence-electron chi connectivity index (χ1n) is 5.08. The van der Waals surface area contributed by atoms with Crippen molar-refractivity contribution >= 4 is 0 Å². The van der Waals surface area contributed by atoms with Crippen LogP contribution in [0.2, 0.25) is 0 Å². The SMILES string of the molecule is CC(C)(C)c1ccc(Oc2nnn[nH]2)cc1. The lowest BCUT2D eigenvalue weighted by molar-refractivity contribution is 0.442. The van der Waals surface area contributed by atoms with Gasteiger partial charge in [-0.2, -0.15) is 0 Å². The van der Waals surface area contributed by atoms with Crippen molar-refractivity contribution in [2.24, 2.45) is 0 Å². The van der Waals surface area contributed by atoms with E-state index in [9.17, 15) is 0 Å². The molecule has 0 radical (unpaired) electrons. The van der Waals surface area contributed by atoms with Crippen molar-refractivity contribution in [2.75, 3.05) is 0 Å². The monoisotopic (exact) mass is 218 g/mol. The average Bonchev–Trinajstić information content (AvgIpc) is 2.70. The molecule has 0 spiro atoms. The molecule has 0 aliphatic carbocycles. The van der Waals surface area contributed by atoms with Crippen molar-refractivity contribution < 1.29 is 4.74 Å². The summed E-state index contributed by atoms with van der Waals surface area (Å²) < 4.78 is 5.39. The minimum Gasteiger partial charge on any atom is -0.424 e. The van der Waals surface area contributed by atoms with Crippen LogP contribution in [0.4, 0.5) is 0 Å². The molecule has 0 aliphatic rings. The van der Waals surface area contributed by atoms with Crippen LogP contribution in [0.1, 0.15) is 26.3 Å². The van der Waals surface area contributed by atoms with Crippen LogP contribution in [0.15, 0.2) is 24.3 Å². The summed E-state index contributed by atoms with van der Waals surface area (Å²) in [7, 11) is 0. The topological polar surface area (TPSA) is 63.7 Å². The van der Waals surface area contributed by atoms with Gasteiger partial charge in [0, 0.05) is 0 Å². The molecule has 5 heteroatoms. The van der Waals surface area contributed by atoms with Crippen LogP contribution in [-0.4, -0.2) is 20.6 Å². The maximum atomic E-state index is 5.39. The van der Waals surface area contributed by atoms with E-state index in [0.29, 0.717) is 11.8 Å². The highest BCUT2D eigenvalue weighted by molar-refractivity contribution is 5.32. The van der Waals surface area contributed by atoms with Crippen LogP contribution in [0, 0.1) is 0 Å². The molecule has 84 valence electrons. The first kappa shape index (κ1) is 10.6. The Bertz CT molecular complexity index is 442. The van der Waals surface area contributed by atoms with Crippen molar-refractivity contribution in [1.29, 1.82) is 0 Å². The largest absolute Gasteiger partial charge is 0.424 e. The zero-order valence-electron chi connectivity index (χ0n) is 9.56. The van der Waals surface area contributed by atoms with Crippen molar-refractivity contribution in [3.05, 3.63) is 29.8 Å². The fourth-order valence-corrected chi connectivity index (χ4v) is 1.33. The fourth-order valence-electron chi connectivity index (χ4n) is 1.33. The molecule has 16 heavy (non-hydrogen) atoms. The molecule has 0 bridgehead atoms. The van der Waals surface area contributed by atoms with E-state index in [4.69, 9.17) is 4.74 Å². The number of aromatic amines is 1. The molecule has 0 saturated carbocycles. The molecule has 1 heterocycles. The number of hydrogen-bond acceptors (Lipinski definition) is 4. The number of ether oxygens (including phenoxy) is 1. The third-order valence-electron chi connectivity index (χ3n) is 2.26. The third-order valence-corrected chi connectivity index (χ3v) is 2.26. The lowest BCUT2D eigenvalue weighted by Crippen LogP contribution is -2.10. The van der Waals surface area contributed by atoms with Gasteiger partial charge >= 0.3 is 6.01 Å². The molecular weight excluding hydrogens is 204 g/mol. The maximum absolute atomic E-state index is 5.39. The van der Waals surface area contributed by atoms with Gasteiger partial charge in [0.2, 0.25) is 0 Å². The predicted octanol–water partition coefficient (Wildman–Crippen LogP) is 2.29. The second-order valence-corrected chi connectivity index (χ2v) is 4.58. The highest BCUT2D eigenvalue weighted by Gasteiger charge is 2.13. The Kier molecular flexibility index (Phi) is 2.60. The Morgan fingerprint density at radius 1 is 1.12 bits per heavy atom. The average molecular weight is 218 g/mol. The zero-order chi connectivity index (χ0) is 11.6. The molecule has 0 unspecified atom stereocenters. The Hall–Kier alpha value is -1.91. The van der Waals surface area contributed by atoms with E-state index in [2.05, 4.69) is 41.4 Å². The molecule has 0 saturated heterocycles. The minimum absolute atomic E-state index is 0.145. The van der Waals surface area contributed by atoms with E-state index in [-0.39, 0.29) is 5.41 Å². The van der Waals surface area contributed by atoms with Crippen LogP contribution in [0.3, 0.4) is 0 Å². The third kappa shape index (κ3) is 2.36. The zero-order valence-corrected chi connectivity index (χ0v) is 9.56. The molecule has 2 aromatic rings. The number of benzene rings is 1. The lowest BCUT2D eigenvalue weighted by Gasteiger charge is -2.18. The first-order chi connectivity index (χ1) is 7.55. The van der Waals surface area contributed by atoms with Gasteiger partial charge in [0.25, 0.3) is 0 Å². The smallest absolute Gasteiger partial charge is 0.338 e. The maximum Gasteiger partial charge on any atom is 0.338 e. The molecular formula is C11H14N4O. The Morgan fingerprint density at radius 2 is 1.81 bits per heavy atom. The number of hydrogen-bond donors (Lipinski definition) is 1. The van der Waals surface area contributed by atoms with Gasteiger partial charge in [0.15, 0.2) is 0 Å². The summed E-state index contributed by atoms with van der Waals surface area (Å²) in [5.74, 6) is 0.714. The quantitative estimate of drug-likeness (QED) is 0.840. The van der Waals surface area contributed by atoms with E-state index >= 15 is 0 Å². The summed E-state index contributed by atoms with van der Waals surface area (Å²) in [6.07, 6.45) is 0. The molecule has 0 atom stereocenters. The lowest BCUT2D eigenvalue weighted by atomic mass is 9.87. The van der Waals surface area contributed by atoms with Crippen LogP contribution >= 0.6 is 0 Å². The van der Waals surface area contributed by atoms with E-state index in [0.717, 1.165) is 0 Å². The van der Waals surface area contributed by atoms with Gasteiger partial charge in [0.1, 0.15) is 5.75 Å². The van der Waals surface area contributed by atoms with E-state index in [1.54, 1.807) is 0 Å². The van der Waals surface area contributed by atoms with Crippen LogP contribution in [0.5, 0.6) is 11.8 Å².